The van der Waals surface area contributed by atoms with Crippen molar-refractivity contribution in [3.05, 3.63) is 17.0 Å². The van der Waals surface area contributed by atoms with E-state index in [1.807, 2.05) is 11.6 Å². The molecule has 1 unspecified atom stereocenters. The molecule has 2 fully saturated rings. The van der Waals surface area contributed by atoms with Crippen molar-refractivity contribution in [2.75, 3.05) is 46.9 Å². The molecule has 4 rings (SSSR count). The Bertz CT molecular complexity index is 934. The fourth-order valence-electron chi connectivity index (χ4n) is 5.82. The van der Waals surface area contributed by atoms with E-state index in [2.05, 4.69) is 5.32 Å². The second-order valence-electron chi connectivity index (χ2n) is 10.7. The van der Waals surface area contributed by atoms with E-state index in [-0.39, 0.29) is 29.1 Å². The number of aromatic nitrogens is 2. The molecule has 0 saturated carbocycles. The molecule has 1 atom stereocenters. The largest absolute Gasteiger partial charge is 0.381 e. The van der Waals surface area contributed by atoms with E-state index in [0.29, 0.717) is 26.1 Å². The molecule has 9 nitrogen and oxygen atoms in total. The molecule has 3 aliphatic heterocycles. The van der Waals surface area contributed by atoms with Gasteiger partial charge in [-0.15, -0.1) is 0 Å². The average Bonchev–Trinajstić information content (AvgIpc) is 3.15. The normalized spacial score (nSPS) is 21.9. The second-order valence-corrected chi connectivity index (χ2v) is 10.7. The molecule has 3 aliphatic rings. The summed E-state index contributed by atoms with van der Waals surface area (Å²) in [7, 11) is 3.50. The van der Waals surface area contributed by atoms with Gasteiger partial charge in [-0.25, -0.2) is 4.79 Å². The number of nitrogens with zero attached hydrogens (tertiary/aromatic N) is 4. The molecule has 1 aromatic heterocycles. The van der Waals surface area contributed by atoms with Gasteiger partial charge < -0.3 is 19.9 Å². The number of fused-ring (bicyclic) bond motifs is 1. The van der Waals surface area contributed by atoms with Gasteiger partial charge in [0.1, 0.15) is 5.78 Å². The SMILES string of the molecule is CCc1nn(CCCCC(=O)C2CCCN(C(=O)N(C)C)C2)c2c1C(=O)NCC1(CCOCC1)C2. The van der Waals surface area contributed by atoms with Crippen LogP contribution in [-0.4, -0.2) is 84.2 Å². The van der Waals surface area contributed by atoms with E-state index in [1.54, 1.807) is 23.9 Å². The maximum absolute atomic E-state index is 13.0. The number of unbranched alkanes of at least 4 members (excludes halogenated alkanes) is 1. The summed E-state index contributed by atoms with van der Waals surface area (Å²) in [4.78, 5) is 41.5. The number of rotatable bonds is 7. The first-order chi connectivity index (χ1) is 16.8. The van der Waals surface area contributed by atoms with Crippen molar-refractivity contribution < 1.29 is 19.1 Å². The average molecular weight is 488 g/mol. The minimum absolute atomic E-state index is 0.00392. The summed E-state index contributed by atoms with van der Waals surface area (Å²) < 4.78 is 7.64. The molecular weight excluding hydrogens is 446 g/mol. The smallest absolute Gasteiger partial charge is 0.319 e. The van der Waals surface area contributed by atoms with Crippen LogP contribution in [0.25, 0.3) is 0 Å². The van der Waals surface area contributed by atoms with E-state index in [0.717, 1.165) is 88.1 Å². The summed E-state index contributed by atoms with van der Waals surface area (Å²) in [5.41, 5.74) is 2.72. The molecule has 0 aliphatic carbocycles. The first-order valence-corrected chi connectivity index (χ1v) is 13.3. The van der Waals surface area contributed by atoms with E-state index >= 15 is 0 Å². The third-order valence-corrected chi connectivity index (χ3v) is 7.98. The molecule has 1 spiro atoms. The van der Waals surface area contributed by atoms with Crippen LogP contribution in [-0.2, 0) is 28.9 Å². The summed E-state index contributed by atoms with van der Waals surface area (Å²) in [5, 5.41) is 7.99. The van der Waals surface area contributed by atoms with Gasteiger partial charge in [0, 0.05) is 65.8 Å². The number of carbonyl (C=O) groups is 3. The van der Waals surface area contributed by atoms with Gasteiger partial charge in [-0.1, -0.05) is 6.92 Å². The highest BCUT2D eigenvalue weighted by atomic mass is 16.5. The Hall–Kier alpha value is -2.42. The number of piperidine rings is 1. The molecule has 9 heteroatoms. The number of amides is 3. The van der Waals surface area contributed by atoms with Gasteiger partial charge in [0.25, 0.3) is 5.91 Å². The molecule has 35 heavy (non-hydrogen) atoms. The van der Waals surface area contributed by atoms with Crippen molar-refractivity contribution in [2.45, 2.75) is 71.3 Å². The fourth-order valence-corrected chi connectivity index (χ4v) is 5.82. The zero-order chi connectivity index (χ0) is 25.0. The topological polar surface area (TPSA) is 96.8 Å². The molecule has 3 amide bonds. The Morgan fingerprint density at radius 3 is 2.71 bits per heavy atom. The van der Waals surface area contributed by atoms with E-state index in [9.17, 15) is 14.4 Å². The number of ketones is 1. The van der Waals surface area contributed by atoms with Gasteiger partial charge in [0.15, 0.2) is 0 Å². The summed E-state index contributed by atoms with van der Waals surface area (Å²) in [5.74, 6) is 0.198. The van der Waals surface area contributed by atoms with Crippen LogP contribution in [0.4, 0.5) is 4.79 Å². The van der Waals surface area contributed by atoms with Crippen molar-refractivity contribution in [3.8, 4) is 0 Å². The van der Waals surface area contributed by atoms with Crippen molar-refractivity contribution in [1.29, 1.82) is 0 Å². The first-order valence-electron chi connectivity index (χ1n) is 13.3. The van der Waals surface area contributed by atoms with Crippen molar-refractivity contribution >= 4 is 17.7 Å². The number of Topliss-reactive ketones (excluding diaryl/α,β-unsaturated/α-hetero) is 1. The number of aryl methyl sites for hydroxylation is 2. The zero-order valence-corrected chi connectivity index (χ0v) is 21.6. The van der Waals surface area contributed by atoms with Crippen molar-refractivity contribution in [2.24, 2.45) is 11.3 Å². The number of ether oxygens (including phenoxy) is 1. The number of hydrogen-bond donors (Lipinski definition) is 1. The Balaban J connectivity index is 1.36. The highest BCUT2D eigenvalue weighted by Crippen LogP contribution is 2.37. The third-order valence-electron chi connectivity index (χ3n) is 7.98. The van der Waals surface area contributed by atoms with Crippen LogP contribution in [0.3, 0.4) is 0 Å². The molecule has 1 aromatic rings. The van der Waals surface area contributed by atoms with Gasteiger partial charge in [-0.2, -0.15) is 5.10 Å². The number of hydrogen-bond acceptors (Lipinski definition) is 5. The lowest BCUT2D eigenvalue weighted by atomic mass is 9.76. The van der Waals surface area contributed by atoms with E-state index < -0.39 is 0 Å². The first kappa shape index (κ1) is 25.7. The molecule has 4 heterocycles. The van der Waals surface area contributed by atoms with Gasteiger partial charge in [-0.3, -0.25) is 14.3 Å². The van der Waals surface area contributed by atoms with Gasteiger partial charge in [0.2, 0.25) is 0 Å². The van der Waals surface area contributed by atoms with Crippen LogP contribution in [0, 0.1) is 11.3 Å². The van der Waals surface area contributed by atoms with Gasteiger partial charge in [-0.05, 0) is 56.8 Å². The van der Waals surface area contributed by atoms with E-state index in [4.69, 9.17) is 9.84 Å². The lowest BCUT2D eigenvalue weighted by Gasteiger charge is -2.36. The third kappa shape index (κ3) is 5.71. The Kier molecular flexibility index (Phi) is 8.14. The number of urea groups is 1. The minimum atomic E-state index is -0.0580. The maximum Gasteiger partial charge on any atom is 0.319 e. The van der Waals surface area contributed by atoms with Crippen molar-refractivity contribution in [3.63, 3.8) is 0 Å². The van der Waals surface area contributed by atoms with Crippen molar-refractivity contribution in [1.82, 2.24) is 24.9 Å². The van der Waals surface area contributed by atoms with Crippen LogP contribution >= 0.6 is 0 Å². The molecule has 194 valence electrons. The van der Waals surface area contributed by atoms with Gasteiger partial charge in [0.05, 0.1) is 17.0 Å². The van der Waals surface area contributed by atoms with E-state index in [1.165, 1.54) is 0 Å². The molecular formula is C26H41N5O4. The number of nitrogens with one attached hydrogen (secondary N) is 1. The summed E-state index contributed by atoms with van der Waals surface area (Å²) in [6, 6.07) is -0.0139. The highest BCUT2D eigenvalue weighted by Gasteiger charge is 2.39. The van der Waals surface area contributed by atoms with Gasteiger partial charge >= 0.3 is 6.03 Å². The highest BCUT2D eigenvalue weighted by molar-refractivity contribution is 5.97. The predicted octanol–water partition coefficient (Wildman–Crippen LogP) is 2.66. The minimum Gasteiger partial charge on any atom is -0.381 e. The quantitative estimate of drug-likeness (QED) is 0.597. The predicted molar refractivity (Wildman–Crippen MR) is 132 cm³/mol. The summed E-state index contributed by atoms with van der Waals surface area (Å²) in [6.07, 6.45) is 7.36. The van der Waals surface area contributed by atoms with Crippen LogP contribution in [0.15, 0.2) is 0 Å². The molecule has 1 N–H and O–H groups in total. The fraction of sp³-hybridized carbons (Fsp3) is 0.769. The summed E-state index contributed by atoms with van der Waals surface area (Å²) >= 11 is 0. The maximum atomic E-state index is 13.0. The Morgan fingerprint density at radius 2 is 2.00 bits per heavy atom. The summed E-state index contributed by atoms with van der Waals surface area (Å²) in [6.45, 7) is 6.18. The second kappa shape index (κ2) is 11.1. The van der Waals surface area contributed by atoms with Crippen LogP contribution in [0.1, 0.15) is 73.6 Å². The Labute approximate surface area is 208 Å². The molecule has 0 radical (unpaired) electrons. The van der Waals surface area contributed by atoms with Crippen LogP contribution in [0.5, 0.6) is 0 Å². The molecule has 0 aromatic carbocycles. The molecule has 0 bridgehead atoms. The zero-order valence-electron chi connectivity index (χ0n) is 21.6. The lowest BCUT2D eigenvalue weighted by Crippen LogP contribution is -2.46. The Morgan fingerprint density at radius 1 is 1.23 bits per heavy atom. The monoisotopic (exact) mass is 487 g/mol. The van der Waals surface area contributed by atoms with Crippen LogP contribution in [0.2, 0.25) is 0 Å². The van der Waals surface area contributed by atoms with Crippen LogP contribution < -0.4 is 5.32 Å². The lowest BCUT2D eigenvalue weighted by molar-refractivity contribution is -0.124. The number of likely N-dealkylation sites (tertiary alicyclic amines) is 1. The molecule has 2 saturated heterocycles. The number of carbonyl (C=O) groups excluding carboxylic acids is 3. The standard InChI is InChI=1S/C26H41N5O4/c1-4-20-23-21(16-26(18-27-24(23)33)10-14-35-15-11-26)31(28-20)13-6-5-9-22(32)19-8-7-12-30(17-19)25(34)29(2)3/h19H,4-18H2,1-3H3,(H,27,33).